The van der Waals surface area contributed by atoms with Crippen LogP contribution < -0.4 is 0 Å². The van der Waals surface area contributed by atoms with Crippen molar-refractivity contribution in [1.82, 2.24) is 0 Å². The Balaban J connectivity index is 3.25. The van der Waals surface area contributed by atoms with Crippen LogP contribution in [0.1, 0.15) is 6.92 Å². The molecule has 11 heavy (non-hydrogen) atoms. The van der Waals surface area contributed by atoms with Gasteiger partial charge in [-0.3, -0.25) is 0 Å². The van der Waals surface area contributed by atoms with Crippen LogP contribution in [0.5, 0.6) is 0 Å². The van der Waals surface area contributed by atoms with E-state index in [2.05, 4.69) is 11.3 Å². The van der Waals surface area contributed by atoms with Gasteiger partial charge in [-0.25, -0.2) is 4.79 Å². The number of rotatable bonds is 5. The van der Waals surface area contributed by atoms with Gasteiger partial charge in [-0.05, 0) is 6.92 Å². The van der Waals surface area contributed by atoms with E-state index in [1.165, 1.54) is 0 Å². The van der Waals surface area contributed by atoms with E-state index in [-0.39, 0.29) is 13.2 Å². The molecule has 0 bridgehead atoms. The average Bonchev–Trinajstić information content (AvgIpc) is 1.97. The van der Waals surface area contributed by atoms with Crippen LogP contribution in [-0.2, 0) is 14.3 Å². The van der Waals surface area contributed by atoms with Crippen LogP contribution in [0.25, 0.3) is 0 Å². The molecule has 0 aromatic rings. The Morgan fingerprint density at radius 3 is 2.64 bits per heavy atom. The second-order valence-corrected chi connectivity index (χ2v) is 1.74. The summed E-state index contributed by atoms with van der Waals surface area (Å²) in [5.74, 6) is -2.11. The smallest absolute Gasteiger partial charge is 0.366 e. The second-order valence-electron chi connectivity index (χ2n) is 1.74. The fourth-order valence-corrected chi connectivity index (χ4v) is 0.416. The number of hydrogen-bond donors (Lipinski definition) is 0. The molecular weight excluding hydrogens is 151 g/mol. The summed E-state index contributed by atoms with van der Waals surface area (Å²) in [5, 5.41) is 0. The molecule has 4 heteroatoms. The van der Waals surface area contributed by atoms with Gasteiger partial charge in [-0.15, -0.1) is 0 Å². The Hall–Kier alpha value is -0.900. The van der Waals surface area contributed by atoms with E-state index >= 15 is 0 Å². The first-order valence-electron chi connectivity index (χ1n) is 3.27. The Labute approximate surface area is 64.8 Å². The Morgan fingerprint density at radius 1 is 1.55 bits per heavy atom. The molecule has 0 aliphatic heterocycles. The van der Waals surface area contributed by atoms with Crippen LogP contribution in [0.15, 0.2) is 12.4 Å². The summed E-state index contributed by atoms with van der Waals surface area (Å²) in [4.78, 5) is 10.4. The summed E-state index contributed by atoms with van der Waals surface area (Å²) < 4.78 is 21.1. The first-order valence-corrected chi connectivity index (χ1v) is 3.27. The van der Waals surface area contributed by atoms with E-state index in [1.54, 1.807) is 0 Å². The Kier molecular flexibility index (Phi) is 5.37. The summed E-state index contributed by atoms with van der Waals surface area (Å²) >= 11 is 0. The predicted molar refractivity (Wildman–Crippen MR) is 37.7 cm³/mol. The number of esters is 1. The van der Waals surface area contributed by atoms with E-state index in [4.69, 9.17) is 4.74 Å². The van der Waals surface area contributed by atoms with Gasteiger partial charge < -0.3 is 9.47 Å². The van der Waals surface area contributed by atoms with Crippen molar-refractivity contribution in [2.24, 2.45) is 0 Å². The summed E-state index contributed by atoms with van der Waals surface area (Å²) in [6.45, 7) is 5.49. The highest BCUT2D eigenvalue weighted by Crippen LogP contribution is 1.94. The van der Waals surface area contributed by atoms with E-state index in [9.17, 15) is 9.18 Å². The Bertz CT molecular complexity index is 145. The third-order valence-corrected chi connectivity index (χ3v) is 0.886. The molecule has 0 aliphatic rings. The maximum absolute atomic E-state index is 11.9. The highest BCUT2D eigenvalue weighted by atomic mass is 19.1. The van der Waals surface area contributed by atoms with Crippen molar-refractivity contribution in [2.45, 2.75) is 6.92 Å². The number of ether oxygens (including phenoxy) is 2. The summed E-state index contributed by atoms with van der Waals surface area (Å²) in [7, 11) is 0. The number of carbonyl (C=O) groups excluding carboxylic acids is 1. The fraction of sp³-hybridized carbons (Fsp3) is 0.571. The first kappa shape index (κ1) is 10.1. The molecule has 0 N–H and O–H groups in total. The minimum absolute atomic E-state index is 0.0651. The third kappa shape index (κ3) is 5.54. The molecule has 0 amide bonds. The summed E-state index contributed by atoms with van der Waals surface area (Å²) in [6.07, 6.45) is 0. The Morgan fingerprint density at radius 2 is 2.18 bits per heavy atom. The van der Waals surface area contributed by atoms with E-state index in [0.29, 0.717) is 6.61 Å². The first-order chi connectivity index (χ1) is 5.18. The number of carbonyl (C=O) groups is 1. The highest BCUT2D eigenvalue weighted by Gasteiger charge is 2.05. The maximum Gasteiger partial charge on any atom is 0.366 e. The van der Waals surface area contributed by atoms with E-state index < -0.39 is 11.8 Å². The lowest BCUT2D eigenvalue weighted by Crippen LogP contribution is -2.10. The van der Waals surface area contributed by atoms with Crippen LogP contribution >= 0.6 is 0 Å². The number of halogens is 1. The molecule has 0 aliphatic carbocycles. The molecule has 0 saturated carbocycles. The van der Waals surface area contributed by atoms with Crippen molar-refractivity contribution in [3.63, 3.8) is 0 Å². The molecule has 0 atom stereocenters. The van der Waals surface area contributed by atoms with Crippen molar-refractivity contribution in [2.75, 3.05) is 19.8 Å². The minimum atomic E-state index is -1.08. The van der Waals surface area contributed by atoms with Gasteiger partial charge >= 0.3 is 5.97 Å². The van der Waals surface area contributed by atoms with Crippen LogP contribution in [-0.4, -0.2) is 25.8 Å². The van der Waals surface area contributed by atoms with Gasteiger partial charge in [-0.1, -0.05) is 6.58 Å². The molecule has 0 aromatic heterocycles. The lowest BCUT2D eigenvalue weighted by molar-refractivity contribution is -0.142. The third-order valence-electron chi connectivity index (χ3n) is 0.886. The van der Waals surface area contributed by atoms with Crippen molar-refractivity contribution >= 4 is 5.97 Å². The zero-order valence-corrected chi connectivity index (χ0v) is 6.43. The molecule has 0 spiro atoms. The molecule has 0 aromatic carbocycles. The van der Waals surface area contributed by atoms with Gasteiger partial charge in [0.05, 0.1) is 6.61 Å². The minimum Gasteiger partial charge on any atom is -0.458 e. The zero-order chi connectivity index (χ0) is 8.69. The quantitative estimate of drug-likeness (QED) is 0.344. The van der Waals surface area contributed by atoms with Crippen LogP contribution in [0.3, 0.4) is 0 Å². The molecule has 3 nitrogen and oxygen atoms in total. The van der Waals surface area contributed by atoms with Gasteiger partial charge in [0.25, 0.3) is 0 Å². The second kappa shape index (κ2) is 5.85. The van der Waals surface area contributed by atoms with Gasteiger partial charge in [-0.2, -0.15) is 4.39 Å². The monoisotopic (exact) mass is 162 g/mol. The van der Waals surface area contributed by atoms with Crippen molar-refractivity contribution < 1.29 is 18.7 Å². The summed E-state index contributed by atoms with van der Waals surface area (Å²) in [6, 6.07) is 0. The van der Waals surface area contributed by atoms with Gasteiger partial charge in [0.1, 0.15) is 6.61 Å². The van der Waals surface area contributed by atoms with Crippen molar-refractivity contribution in [1.29, 1.82) is 0 Å². The molecular formula is C7H11FO3. The maximum atomic E-state index is 11.9. The summed E-state index contributed by atoms with van der Waals surface area (Å²) in [5.41, 5.74) is 0. The van der Waals surface area contributed by atoms with Gasteiger partial charge in [0.15, 0.2) is 0 Å². The van der Waals surface area contributed by atoms with Gasteiger partial charge in [0, 0.05) is 6.61 Å². The predicted octanol–water partition coefficient (Wildman–Crippen LogP) is 1.05. The lowest BCUT2D eigenvalue weighted by atomic mass is 10.6. The zero-order valence-electron chi connectivity index (χ0n) is 6.43. The highest BCUT2D eigenvalue weighted by molar-refractivity contribution is 5.85. The molecule has 0 saturated heterocycles. The lowest BCUT2D eigenvalue weighted by Gasteiger charge is -2.01. The normalized spacial score (nSPS) is 9.27. The molecule has 0 fully saturated rings. The SMILES string of the molecule is C=C(F)C(=O)OCCOCC. The standard InChI is InChI=1S/C7H11FO3/c1-3-10-4-5-11-7(9)6(2)8/h2-5H2,1H3. The molecule has 0 rings (SSSR count). The molecule has 0 heterocycles. The topological polar surface area (TPSA) is 35.5 Å². The fourth-order valence-electron chi connectivity index (χ4n) is 0.416. The van der Waals surface area contributed by atoms with Crippen LogP contribution in [0.4, 0.5) is 4.39 Å². The van der Waals surface area contributed by atoms with Crippen molar-refractivity contribution in [3.05, 3.63) is 12.4 Å². The number of hydrogen-bond acceptors (Lipinski definition) is 3. The molecule has 0 unspecified atom stereocenters. The average molecular weight is 162 g/mol. The molecule has 0 radical (unpaired) electrons. The molecule has 64 valence electrons. The van der Waals surface area contributed by atoms with E-state index in [1.807, 2.05) is 6.92 Å². The van der Waals surface area contributed by atoms with Crippen LogP contribution in [0.2, 0.25) is 0 Å². The van der Waals surface area contributed by atoms with Crippen molar-refractivity contribution in [3.8, 4) is 0 Å². The van der Waals surface area contributed by atoms with Gasteiger partial charge in [0.2, 0.25) is 5.83 Å². The van der Waals surface area contributed by atoms with Crippen LogP contribution in [0, 0.1) is 0 Å². The van der Waals surface area contributed by atoms with E-state index in [0.717, 1.165) is 0 Å². The largest absolute Gasteiger partial charge is 0.458 e.